The van der Waals surface area contributed by atoms with Crippen molar-refractivity contribution in [3.63, 3.8) is 0 Å². The van der Waals surface area contributed by atoms with Crippen molar-refractivity contribution < 1.29 is 9.53 Å². The number of ether oxygens (including phenoxy) is 1. The van der Waals surface area contributed by atoms with Gasteiger partial charge in [-0.3, -0.25) is 4.79 Å². The molecule has 3 rings (SSSR count). The number of rotatable bonds is 5. The summed E-state index contributed by atoms with van der Waals surface area (Å²) >= 11 is 0. The van der Waals surface area contributed by atoms with Gasteiger partial charge in [0, 0.05) is 17.9 Å². The number of carbonyl (C=O) groups excluding carboxylic acids is 1. The molecule has 2 aromatic carbocycles. The molecule has 132 valence electrons. The van der Waals surface area contributed by atoms with E-state index in [0.717, 1.165) is 30.8 Å². The van der Waals surface area contributed by atoms with E-state index >= 15 is 0 Å². The molecule has 0 aliphatic carbocycles. The van der Waals surface area contributed by atoms with Gasteiger partial charge in [-0.05, 0) is 56.7 Å². The van der Waals surface area contributed by atoms with Gasteiger partial charge in [-0.2, -0.15) is 0 Å². The minimum atomic E-state index is -0.263. The Kier molecular flexibility index (Phi) is 5.39. The lowest BCUT2D eigenvalue weighted by molar-refractivity contribution is -0.142. The molecule has 1 heterocycles. The molecule has 1 aliphatic rings. The minimum Gasteiger partial charge on any atom is -0.469 e. The summed E-state index contributed by atoms with van der Waals surface area (Å²) in [6, 6.07) is 16.6. The van der Waals surface area contributed by atoms with Crippen LogP contribution in [0, 0.1) is 0 Å². The van der Waals surface area contributed by atoms with Crippen LogP contribution >= 0.6 is 0 Å². The fourth-order valence-corrected chi connectivity index (χ4v) is 3.57. The van der Waals surface area contributed by atoms with Crippen LogP contribution in [-0.2, 0) is 16.0 Å². The smallest absolute Gasteiger partial charge is 0.313 e. The number of hydrogen-bond acceptors (Lipinski definition) is 4. The number of benzene rings is 2. The Labute approximate surface area is 150 Å². The first-order valence-corrected chi connectivity index (χ1v) is 8.78. The maximum atomic E-state index is 12.5. The first-order valence-electron chi connectivity index (χ1n) is 8.78. The van der Waals surface area contributed by atoms with Crippen LogP contribution in [0.3, 0.4) is 0 Å². The molecule has 4 heteroatoms. The number of anilines is 2. The Morgan fingerprint density at radius 1 is 1.12 bits per heavy atom. The SMILES string of the molecule is COC(=O)C1Cc2ccccc2N(CCCN(C)C)c2ccccc21. The maximum Gasteiger partial charge on any atom is 0.313 e. The second-order valence-electron chi connectivity index (χ2n) is 6.78. The quantitative estimate of drug-likeness (QED) is 0.780. The number of esters is 1. The van der Waals surface area contributed by atoms with E-state index < -0.39 is 0 Å². The topological polar surface area (TPSA) is 32.8 Å². The van der Waals surface area contributed by atoms with E-state index in [2.05, 4.69) is 54.2 Å². The van der Waals surface area contributed by atoms with Crippen LogP contribution in [0.25, 0.3) is 0 Å². The number of nitrogens with zero attached hydrogens (tertiary/aromatic N) is 2. The standard InChI is InChI=1S/C21H26N2O2/c1-22(2)13-8-14-23-19-11-6-4-9-16(19)15-18(21(24)25-3)17-10-5-7-12-20(17)23/h4-7,9-12,18H,8,13-15H2,1-3H3. The Bertz CT molecular complexity index is 742. The van der Waals surface area contributed by atoms with Crippen molar-refractivity contribution in [3.8, 4) is 0 Å². The number of methoxy groups -OCH3 is 1. The zero-order valence-corrected chi connectivity index (χ0v) is 15.2. The summed E-state index contributed by atoms with van der Waals surface area (Å²) in [4.78, 5) is 17.0. The van der Waals surface area contributed by atoms with Gasteiger partial charge in [0.1, 0.15) is 0 Å². The molecule has 0 fully saturated rings. The fraction of sp³-hybridized carbons (Fsp3) is 0.381. The largest absolute Gasteiger partial charge is 0.469 e. The second-order valence-corrected chi connectivity index (χ2v) is 6.78. The molecule has 0 aromatic heterocycles. The number of fused-ring (bicyclic) bond motifs is 2. The Morgan fingerprint density at radius 2 is 1.80 bits per heavy atom. The molecule has 1 atom stereocenters. The van der Waals surface area contributed by atoms with E-state index in [4.69, 9.17) is 4.74 Å². The normalized spacial score (nSPS) is 16.2. The average molecular weight is 338 g/mol. The molecule has 1 unspecified atom stereocenters. The van der Waals surface area contributed by atoms with Gasteiger partial charge in [0.25, 0.3) is 0 Å². The summed E-state index contributed by atoms with van der Waals surface area (Å²) in [5, 5.41) is 0. The van der Waals surface area contributed by atoms with Crippen LogP contribution in [-0.4, -0.2) is 45.2 Å². The number of hydrogen-bond donors (Lipinski definition) is 0. The highest BCUT2D eigenvalue weighted by Crippen LogP contribution is 2.41. The molecule has 0 radical (unpaired) electrons. The van der Waals surface area contributed by atoms with E-state index in [9.17, 15) is 4.79 Å². The van der Waals surface area contributed by atoms with Crippen molar-refractivity contribution in [1.29, 1.82) is 0 Å². The van der Waals surface area contributed by atoms with Gasteiger partial charge in [-0.25, -0.2) is 0 Å². The van der Waals surface area contributed by atoms with Crippen LogP contribution in [0.4, 0.5) is 11.4 Å². The third kappa shape index (κ3) is 3.69. The molecule has 25 heavy (non-hydrogen) atoms. The molecule has 2 aromatic rings. The van der Waals surface area contributed by atoms with Crippen molar-refractivity contribution in [1.82, 2.24) is 4.90 Å². The van der Waals surface area contributed by atoms with Gasteiger partial charge < -0.3 is 14.5 Å². The van der Waals surface area contributed by atoms with Gasteiger partial charge in [-0.1, -0.05) is 36.4 Å². The molecule has 0 saturated heterocycles. The molecule has 0 N–H and O–H groups in total. The maximum absolute atomic E-state index is 12.5. The lowest BCUT2D eigenvalue weighted by Crippen LogP contribution is -2.24. The monoisotopic (exact) mass is 338 g/mol. The summed E-state index contributed by atoms with van der Waals surface area (Å²) in [5.74, 6) is -0.432. The van der Waals surface area contributed by atoms with Crippen LogP contribution < -0.4 is 4.90 Å². The lowest BCUT2D eigenvalue weighted by Gasteiger charge is -2.27. The van der Waals surface area contributed by atoms with Crippen molar-refractivity contribution >= 4 is 17.3 Å². The molecular formula is C21H26N2O2. The zero-order chi connectivity index (χ0) is 17.8. The Morgan fingerprint density at radius 3 is 2.52 bits per heavy atom. The van der Waals surface area contributed by atoms with Gasteiger partial charge in [0.15, 0.2) is 0 Å². The van der Waals surface area contributed by atoms with E-state index in [-0.39, 0.29) is 11.9 Å². The van der Waals surface area contributed by atoms with E-state index in [1.54, 1.807) is 0 Å². The Balaban J connectivity index is 2.06. The van der Waals surface area contributed by atoms with Gasteiger partial charge in [-0.15, -0.1) is 0 Å². The van der Waals surface area contributed by atoms with Crippen LogP contribution in [0.1, 0.15) is 23.5 Å². The zero-order valence-electron chi connectivity index (χ0n) is 15.2. The van der Waals surface area contributed by atoms with Gasteiger partial charge in [0.2, 0.25) is 0 Å². The summed E-state index contributed by atoms with van der Waals surface area (Å²) in [5.41, 5.74) is 4.55. The van der Waals surface area contributed by atoms with Crippen molar-refractivity contribution in [2.75, 3.05) is 39.2 Å². The average Bonchev–Trinajstić information content (AvgIpc) is 2.76. The van der Waals surface area contributed by atoms with Crippen LogP contribution in [0.5, 0.6) is 0 Å². The van der Waals surface area contributed by atoms with Crippen molar-refractivity contribution in [3.05, 3.63) is 59.7 Å². The predicted octanol–water partition coefficient (Wildman–Crippen LogP) is 3.59. The molecular weight excluding hydrogens is 312 g/mol. The third-order valence-corrected chi connectivity index (χ3v) is 4.78. The minimum absolute atomic E-state index is 0.169. The fourth-order valence-electron chi connectivity index (χ4n) is 3.57. The highest BCUT2D eigenvalue weighted by atomic mass is 16.5. The molecule has 0 saturated carbocycles. The molecule has 1 aliphatic heterocycles. The first kappa shape index (κ1) is 17.5. The first-order chi connectivity index (χ1) is 12.1. The molecule has 0 bridgehead atoms. The van der Waals surface area contributed by atoms with Crippen LogP contribution in [0.2, 0.25) is 0 Å². The summed E-state index contributed by atoms with van der Waals surface area (Å²) < 4.78 is 5.10. The summed E-state index contributed by atoms with van der Waals surface area (Å²) in [6.45, 7) is 1.95. The highest BCUT2D eigenvalue weighted by molar-refractivity contribution is 5.84. The highest BCUT2D eigenvalue weighted by Gasteiger charge is 2.31. The van der Waals surface area contributed by atoms with Gasteiger partial charge >= 0.3 is 5.97 Å². The molecule has 0 spiro atoms. The van der Waals surface area contributed by atoms with E-state index in [1.165, 1.54) is 18.4 Å². The van der Waals surface area contributed by atoms with Crippen molar-refractivity contribution in [2.24, 2.45) is 0 Å². The van der Waals surface area contributed by atoms with Gasteiger partial charge in [0.05, 0.1) is 13.0 Å². The summed E-state index contributed by atoms with van der Waals surface area (Å²) in [6.07, 6.45) is 1.72. The van der Waals surface area contributed by atoms with E-state index in [1.807, 2.05) is 18.2 Å². The molecule has 0 amide bonds. The number of para-hydroxylation sites is 2. The third-order valence-electron chi connectivity index (χ3n) is 4.78. The Hall–Kier alpha value is -2.33. The lowest BCUT2D eigenvalue weighted by atomic mass is 9.92. The van der Waals surface area contributed by atoms with E-state index in [0.29, 0.717) is 6.42 Å². The summed E-state index contributed by atoms with van der Waals surface area (Å²) in [7, 11) is 5.66. The molecule has 4 nitrogen and oxygen atoms in total. The predicted molar refractivity (Wildman–Crippen MR) is 102 cm³/mol. The number of carbonyl (C=O) groups is 1. The second kappa shape index (κ2) is 7.70. The van der Waals surface area contributed by atoms with Crippen molar-refractivity contribution in [2.45, 2.75) is 18.8 Å². The van der Waals surface area contributed by atoms with Crippen LogP contribution in [0.15, 0.2) is 48.5 Å².